The first-order valence-corrected chi connectivity index (χ1v) is 6.57. The highest BCUT2D eigenvalue weighted by atomic mass is 79.9. The van der Waals surface area contributed by atoms with Crippen molar-refractivity contribution in [2.75, 3.05) is 6.61 Å². The Morgan fingerprint density at radius 1 is 1.32 bits per heavy atom. The number of carbonyl (C=O) groups excluding carboxylic acids is 2. The summed E-state index contributed by atoms with van der Waals surface area (Å²) < 4.78 is 30.1. The van der Waals surface area contributed by atoms with Crippen LogP contribution in [0.25, 0.3) is 0 Å². The third-order valence-electron chi connectivity index (χ3n) is 2.42. The Balaban J connectivity index is 3.30. The highest BCUT2D eigenvalue weighted by Gasteiger charge is 2.23. The van der Waals surface area contributed by atoms with Gasteiger partial charge < -0.3 is 4.74 Å². The minimum Gasteiger partial charge on any atom is -0.462 e. The lowest BCUT2D eigenvalue weighted by Crippen LogP contribution is -2.17. The Hall–Kier alpha value is -1.30. The van der Waals surface area contributed by atoms with E-state index in [9.17, 15) is 18.4 Å². The minimum absolute atomic E-state index is 0.00236. The molecule has 0 amide bonds. The highest BCUT2D eigenvalue weighted by Crippen LogP contribution is 2.24. The minimum atomic E-state index is -2.70. The second-order valence-electron chi connectivity index (χ2n) is 3.81. The van der Waals surface area contributed by atoms with Gasteiger partial charge in [0.1, 0.15) is 0 Å². The van der Waals surface area contributed by atoms with Crippen molar-refractivity contribution in [2.24, 2.45) is 0 Å². The van der Waals surface area contributed by atoms with E-state index in [4.69, 9.17) is 4.74 Å². The van der Waals surface area contributed by atoms with Gasteiger partial charge in [0, 0.05) is 11.1 Å². The van der Waals surface area contributed by atoms with Crippen LogP contribution in [0.4, 0.5) is 8.78 Å². The van der Waals surface area contributed by atoms with Crippen molar-refractivity contribution in [1.29, 1.82) is 0 Å². The second kappa shape index (κ2) is 6.75. The Bertz CT molecular complexity index is 487. The van der Waals surface area contributed by atoms with Gasteiger partial charge in [0.25, 0.3) is 6.43 Å². The van der Waals surface area contributed by atoms with Crippen LogP contribution in [0.2, 0.25) is 0 Å². The van der Waals surface area contributed by atoms with E-state index in [1.54, 1.807) is 13.8 Å². The maximum Gasteiger partial charge on any atom is 0.338 e. The number of halogens is 3. The van der Waals surface area contributed by atoms with Crippen molar-refractivity contribution < 1.29 is 23.1 Å². The van der Waals surface area contributed by atoms with Gasteiger partial charge in [-0.15, -0.1) is 0 Å². The third-order valence-corrected chi connectivity index (χ3v) is 2.83. The molecule has 0 aliphatic rings. The molecule has 0 N–H and O–H groups in total. The number of alkyl halides is 3. The molecule has 0 heterocycles. The second-order valence-corrected chi connectivity index (χ2v) is 5.18. The lowest BCUT2D eigenvalue weighted by atomic mass is 9.99. The van der Waals surface area contributed by atoms with Crippen molar-refractivity contribution >= 4 is 27.7 Å². The molecule has 0 aliphatic heterocycles. The number of hydrogen-bond donors (Lipinski definition) is 0. The van der Waals surface area contributed by atoms with Crippen molar-refractivity contribution in [2.45, 2.75) is 25.1 Å². The zero-order valence-corrected chi connectivity index (χ0v) is 12.0. The van der Waals surface area contributed by atoms with Crippen molar-refractivity contribution in [3.63, 3.8) is 0 Å². The average Bonchev–Trinajstić information content (AvgIpc) is 2.37. The largest absolute Gasteiger partial charge is 0.462 e. The van der Waals surface area contributed by atoms with Gasteiger partial charge in [-0.05, 0) is 26.0 Å². The number of carbonyl (C=O) groups is 2. The smallest absolute Gasteiger partial charge is 0.338 e. The highest BCUT2D eigenvalue weighted by molar-refractivity contribution is 9.10. The predicted octanol–water partition coefficient (Wildman–Crippen LogP) is 3.77. The molecular formula is C13H13BrF2O3. The monoisotopic (exact) mass is 334 g/mol. The first kappa shape index (κ1) is 15.8. The van der Waals surface area contributed by atoms with Crippen LogP contribution < -0.4 is 0 Å². The summed E-state index contributed by atoms with van der Waals surface area (Å²) in [7, 11) is 0. The molecule has 0 aromatic heterocycles. The van der Waals surface area contributed by atoms with Crippen LogP contribution in [0.15, 0.2) is 18.2 Å². The van der Waals surface area contributed by atoms with Crippen molar-refractivity contribution in [3.8, 4) is 0 Å². The van der Waals surface area contributed by atoms with Crippen LogP contribution in [-0.2, 0) is 4.74 Å². The number of benzene rings is 1. The summed E-state index contributed by atoms with van der Waals surface area (Å²) in [4.78, 5) is 23.1. The van der Waals surface area contributed by atoms with Crippen LogP contribution in [0.5, 0.6) is 0 Å². The lowest BCUT2D eigenvalue weighted by molar-refractivity contribution is 0.0522. The molecule has 1 aromatic carbocycles. The van der Waals surface area contributed by atoms with Gasteiger partial charge in [0.15, 0.2) is 5.78 Å². The summed E-state index contributed by atoms with van der Waals surface area (Å²) in [5, 5.41) is 0. The SMILES string of the molecule is CCOC(=O)c1ccc(C(F)F)cc1C(=O)C(C)Br. The van der Waals surface area contributed by atoms with Gasteiger partial charge in [-0.25, -0.2) is 13.6 Å². The van der Waals surface area contributed by atoms with E-state index in [1.165, 1.54) is 6.07 Å². The van der Waals surface area contributed by atoms with Crippen LogP contribution in [0, 0.1) is 0 Å². The molecule has 0 radical (unpaired) electrons. The number of rotatable bonds is 5. The zero-order chi connectivity index (χ0) is 14.6. The molecule has 0 bridgehead atoms. The average molecular weight is 335 g/mol. The topological polar surface area (TPSA) is 43.4 Å². The number of ketones is 1. The normalized spacial score (nSPS) is 12.3. The summed E-state index contributed by atoms with van der Waals surface area (Å²) in [6.45, 7) is 3.33. The van der Waals surface area contributed by atoms with Gasteiger partial charge in [0.05, 0.1) is 17.0 Å². The summed E-state index contributed by atoms with van der Waals surface area (Å²) in [5.74, 6) is -1.13. The fraction of sp³-hybridized carbons (Fsp3) is 0.385. The van der Waals surface area contributed by atoms with Gasteiger partial charge in [0.2, 0.25) is 0 Å². The Morgan fingerprint density at radius 3 is 2.42 bits per heavy atom. The Labute approximate surface area is 118 Å². The summed E-state index contributed by atoms with van der Waals surface area (Å²) >= 11 is 3.07. The molecule has 1 atom stereocenters. The fourth-order valence-corrected chi connectivity index (χ4v) is 1.75. The molecule has 0 spiro atoms. The first-order valence-electron chi connectivity index (χ1n) is 5.66. The van der Waals surface area contributed by atoms with Gasteiger partial charge in [-0.1, -0.05) is 22.0 Å². The molecule has 0 saturated carbocycles. The molecule has 0 aliphatic carbocycles. The van der Waals surface area contributed by atoms with E-state index in [0.29, 0.717) is 0 Å². The molecule has 0 fully saturated rings. The molecule has 104 valence electrons. The van der Waals surface area contributed by atoms with E-state index in [0.717, 1.165) is 12.1 Å². The number of Topliss-reactive ketones (excluding diaryl/α,β-unsaturated/α-hetero) is 1. The quantitative estimate of drug-likeness (QED) is 0.467. The molecule has 6 heteroatoms. The predicted molar refractivity (Wildman–Crippen MR) is 70.1 cm³/mol. The van der Waals surface area contributed by atoms with Gasteiger partial charge in [-0.3, -0.25) is 4.79 Å². The van der Waals surface area contributed by atoms with Gasteiger partial charge >= 0.3 is 5.97 Å². The number of hydrogen-bond acceptors (Lipinski definition) is 3. The van der Waals surface area contributed by atoms with E-state index >= 15 is 0 Å². The summed E-state index contributed by atoms with van der Waals surface area (Å²) in [5.41, 5.74) is -0.354. The van der Waals surface area contributed by atoms with E-state index in [-0.39, 0.29) is 23.3 Å². The van der Waals surface area contributed by atoms with Gasteiger partial charge in [-0.2, -0.15) is 0 Å². The Morgan fingerprint density at radius 2 is 1.95 bits per heavy atom. The maximum absolute atomic E-state index is 12.7. The molecule has 19 heavy (non-hydrogen) atoms. The lowest BCUT2D eigenvalue weighted by Gasteiger charge is -2.11. The fourth-order valence-electron chi connectivity index (χ4n) is 1.50. The molecule has 1 aromatic rings. The number of ether oxygens (including phenoxy) is 1. The standard InChI is InChI=1S/C13H13BrF2O3/c1-3-19-13(18)9-5-4-8(12(15)16)6-10(9)11(17)7(2)14/h4-7,12H,3H2,1-2H3. The third kappa shape index (κ3) is 3.83. The van der Waals surface area contributed by atoms with Crippen LogP contribution in [0.3, 0.4) is 0 Å². The summed E-state index contributed by atoms with van der Waals surface area (Å²) in [6, 6.07) is 3.35. The van der Waals surface area contributed by atoms with E-state index in [2.05, 4.69) is 15.9 Å². The van der Waals surface area contributed by atoms with Crippen LogP contribution in [-0.4, -0.2) is 23.2 Å². The molecule has 1 unspecified atom stereocenters. The molecule has 3 nitrogen and oxygen atoms in total. The first-order chi connectivity index (χ1) is 8.88. The van der Waals surface area contributed by atoms with Crippen LogP contribution in [0.1, 0.15) is 46.6 Å². The molecular weight excluding hydrogens is 322 g/mol. The Kier molecular flexibility index (Phi) is 5.60. The maximum atomic E-state index is 12.7. The number of esters is 1. The van der Waals surface area contributed by atoms with E-state index in [1.807, 2.05) is 0 Å². The van der Waals surface area contributed by atoms with Crippen molar-refractivity contribution in [3.05, 3.63) is 34.9 Å². The van der Waals surface area contributed by atoms with Crippen molar-refractivity contribution in [1.82, 2.24) is 0 Å². The van der Waals surface area contributed by atoms with Crippen LogP contribution >= 0.6 is 15.9 Å². The molecule has 0 saturated heterocycles. The van der Waals surface area contributed by atoms with E-state index < -0.39 is 23.0 Å². The summed E-state index contributed by atoms with van der Waals surface area (Å²) in [6.07, 6.45) is -2.70. The zero-order valence-electron chi connectivity index (χ0n) is 10.5. The molecule has 1 rings (SSSR count).